The zero-order valence-electron chi connectivity index (χ0n) is 6.31. The van der Waals surface area contributed by atoms with Crippen LogP contribution in [0.25, 0.3) is 0 Å². The number of hydrogen-bond acceptors (Lipinski definition) is 1. The van der Waals surface area contributed by atoms with E-state index in [0.717, 1.165) is 12.8 Å². The summed E-state index contributed by atoms with van der Waals surface area (Å²) < 4.78 is -0.719. The van der Waals surface area contributed by atoms with Gasteiger partial charge < -0.3 is 5.11 Å². The van der Waals surface area contributed by atoms with E-state index < -0.39 is 10.3 Å². The van der Waals surface area contributed by atoms with E-state index in [9.17, 15) is 4.79 Å². The summed E-state index contributed by atoms with van der Waals surface area (Å²) in [7, 11) is 0. The third-order valence-corrected chi connectivity index (χ3v) is 5.36. The molecule has 0 heterocycles. The lowest BCUT2D eigenvalue weighted by atomic mass is 10.2. The molecular formula is C8H8Cl2O2. The minimum atomic E-state index is -0.732. The molecule has 3 rings (SSSR count). The molecule has 66 valence electrons. The highest BCUT2D eigenvalue weighted by atomic mass is 35.5. The molecule has 3 saturated carbocycles. The van der Waals surface area contributed by atoms with Gasteiger partial charge in [0.15, 0.2) is 0 Å². The standard InChI is InChI=1S/C8H8Cl2O2/c9-8(10)6(1-2-6)7(8)3-4(7)5(11)12/h4H,1-3H2,(H,11,12)/t4-,7+/m0/s1. The average molecular weight is 207 g/mol. The molecule has 0 aromatic rings. The summed E-state index contributed by atoms with van der Waals surface area (Å²) in [6, 6.07) is 0. The van der Waals surface area contributed by atoms with Crippen molar-refractivity contribution >= 4 is 29.2 Å². The maximum Gasteiger partial charge on any atom is 0.307 e. The second kappa shape index (κ2) is 1.53. The molecule has 12 heavy (non-hydrogen) atoms. The molecule has 3 aliphatic carbocycles. The molecule has 0 unspecified atom stereocenters. The van der Waals surface area contributed by atoms with Gasteiger partial charge >= 0.3 is 5.97 Å². The second-order valence-electron chi connectivity index (χ2n) is 4.22. The minimum absolute atomic E-state index is 0.00612. The van der Waals surface area contributed by atoms with Gasteiger partial charge in [0.05, 0.1) is 5.92 Å². The Morgan fingerprint density at radius 2 is 2.00 bits per heavy atom. The zero-order valence-corrected chi connectivity index (χ0v) is 7.82. The van der Waals surface area contributed by atoms with Crippen LogP contribution in [0.2, 0.25) is 0 Å². The fourth-order valence-corrected chi connectivity index (χ4v) is 4.42. The largest absolute Gasteiger partial charge is 0.481 e. The molecule has 3 fully saturated rings. The predicted molar refractivity (Wildman–Crippen MR) is 44.3 cm³/mol. The van der Waals surface area contributed by atoms with Crippen LogP contribution in [-0.4, -0.2) is 15.4 Å². The molecule has 0 amide bonds. The van der Waals surface area contributed by atoms with Crippen LogP contribution in [0.1, 0.15) is 19.3 Å². The quantitative estimate of drug-likeness (QED) is 0.668. The number of carboxylic acid groups (broad SMARTS) is 1. The van der Waals surface area contributed by atoms with Crippen molar-refractivity contribution in [3.63, 3.8) is 0 Å². The molecule has 0 aromatic carbocycles. The van der Waals surface area contributed by atoms with Crippen molar-refractivity contribution in [2.24, 2.45) is 16.7 Å². The fourth-order valence-electron chi connectivity index (χ4n) is 3.02. The lowest BCUT2D eigenvalue weighted by Gasteiger charge is -1.92. The van der Waals surface area contributed by atoms with Gasteiger partial charge in [-0.05, 0) is 19.3 Å². The van der Waals surface area contributed by atoms with E-state index in [0.29, 0.717) is 6.42 Å². The summed E-state index contributed by atoms with van der Waals surface area (Å²) >= 11 is 12.2. The number of alkyl halides is 2. The zero-order chi connectivity index (χ0) is 8.78. The van der Waals surface area contributed by atoms with Gasteiger partial charge in [0.2, 0.25) is 0 Å². The Kier molecular flexibility index (Phi) is 0.947. The SMILES string of the molecule is O=C(O)[C@@H]1C[C@@]12C(Cl)(Cl)C21CC1. The summed E-state index contributed by atoms with van der Waals surface area (Å²) in [5.41, 5.74) is -0.221. The Morgan fingerprint density at radius 1 is 1.42 bits per heavy atom. The van der Waals surface area contributed by atoms with Crippen LogP contribution in [0.4, 0.5) is 0 Å². The van der Waals surface area contributed by atoms with Gasteiger partial charge in [-0.3, -0.25) is 4.79 Å². The molecular weight excluding hydrogens is 199 g/mol. The van der Waals surface area contributed by atoms with Crippen molar-refractivity contribution in [1.82, 2.24) is 0 Å². The van der Waals surface area contributed by atoms with Crippen molar-refractivity contribution in [1.29, 1.82) is 0 Å². The molecule has 2 spiro atoms. The number of aliphatic carboxylic acids is 1. The molecule has 0 radical (unpaired) electrons. The van der Waals surface area contributed by atoms with Gasteiger partial charge in [0, 0.05) is 10.8 Å². The summed E-state index contributed by atoms with van der Waals surface area (Å²) in [6.07, 6.45) is 2.73. The highest BCUT2D eigenvalue weighted by molar-refractivity contribution is 6.53. The van der Waals surface area contributed by atoms with Gasteiger partial charge in [-0.1, -0.05) is 0 Å². The van der Waals surface area contributed by atoms with E-state index >= 15 is 0 Å². The Labute approximate surface area is 79.8 Å². The molecule has 0 aliphatic heterocycles. The Balaban J connectivity index is 1.95. The van der Waals surface area contributed by atoms with Crippen molar-refractivity contribution < 1.29 is 9.90 Å². The lowest BCUT2D eigenvalue weighted by molar-refractivity contribution is -0.139. The highest BCUT2D eigenvalue weighted by Crippen LogP contribution is 2.99. The second-order valence-corrected chi connectivity index (χ2v) is 5.55. The number of halogens is 2. The van der Waals surface area contributed by atoms with Gasteiger partial charge in [-0.2, -0.15) is 0 Å². The molecule has 2 nitrogen and oxygen atoms in total. The number of rotatable bonds is 1. The van der Waals surface area contributed by atoms with E-state index in [1.165, 1.54) is 0 Å². The van der Waals surface area contributed by atoms with Crippen LogP contribution < -0.4 is 0 Å². The van der Waals surface area contributed by atoms with E-state index in [1.54, 1.807) is 0 Å². The first kappa shape index (κ1) is 7.45. The summed E-state index contributed by atoms with van der Waals surface area (Å²) in [6.45, 7) is 0. The van der Waals surface area contributed by atoms with Gasteiger partial charge in [-0.25, -0.2) is 0 Å². The number of fused-ring (bicyclic) bond motifs is 1. The Bertz CT molecular complexity index is 289. The molecule has 0 bridgehead atoms. The van der Waals surface area contributed by atoms with Gasteiger partial charge in [0.1, 0.15) is 4.33 Å². The third kappa shape index (κ3) is 0.444. The van der Waals surface area contributed by atoms with E-state index in [1.807, 2.05) is 0 Å². The molecule has 4 heteroatoms. The van der Waals surface area contributed by atoms with Crippen LogP contribution in [0.15, 0.2) is 0 Å². The maximum absolute atomic E-state index is 10.7. The van der Waals surface area contributed by atoms with Crippen LogP contribution in [-0.2, 0) is 4.79 Å². The van der Waals surface area contributed by atoms with Crippen LogP contribution in [0, 0.1) is 16.7 Å². The first-order valence-corrected chi connectivity index (χ1v) is 4.86. The van der Waals surface area contributed by atoms with E-state index in [4.69, 9.17) is 28.3 Å². The summed E-state index contributed by atoms with van der Waals surface area (Å²) in [5.74, 6) is -1.00. The fraction of sp³-hybridized carbons (Fsp3) is 0.875. The molecule has 0 aromatic heterocycles. The number of carboxylic acids is 1. The molecule has 0 saturated heterocycles. The van der Waals surface area contributed by atoms with Crippen molar-refractivity contribution in [3.8, 4) is 0 Å². The van der Waals surface area contributed by atoms with Crippen molar-refractivity contribution in [3.05, 3.63) is 0 Å². The summed E-state index contributed by atoms with van der Waals surface area (Å²) in [4.78, 5) is 10.7. The van der Waals surface area contributed by atoms with E-state index in [-0.39, 0.29) is 16.7 Å². The Hall–Kier alpha value is 0.0500. The predicted octanol–water partition coefficient (Wildman–Crippen LogP) is 2.04. The van der Waals surface area contributed by atoms with Gasteiger partial charge in [-0.15, -0.1) is 23.2 Å². The highest BCUT2D eigenvalue weighted by Gasteiger charge is 3.00. The lowest BCUT2D eigenvalue weighted by Crippen LogP contribution is -2.03. The maximum atomic E-state index is 10.7. The van der Waals surface area contributed by atoms with Gasteiger partial charge in [0.25, 0.3) is 0 Å². The Morgan fingerprint density at radius 3 is 2.25 bits per heavy atom. The minimum Gasteiger partial charge on any atom is -0.481 e. The first-order chi connectivity index (χ1) is 5.50. The van der Waals surface area contributed by atoms with Crippen molar-refractivity contribution in [2.75, 3.05) is 0 Å². The van der Waals surface area contributed by atoms with Crippen LogP contribution in [0.3, 0.4) is 0 Å². The summed E-state index contributed by atoms with van der Waals surface area (Å²) in [5, 5.41) is 8.80. The smallest absolute Gasteiger partial charge is 0.307 e. The normalized spacial score (nSPS) is 49.3. The molecule has 1 N–H and O–H groups in total. The first-order valence-electron chi connectivity index (χ1n) is 4.10. The van der Waals surface area contributed by atoms with Crippen LogP contribution >= 0.6 is 23.2 Å². The van der Waals surface area contributed by atoms with Crippen molar-refractivity contribution in [2.45, 2.75) is 23.6 Å². The third-order valence-electron chi connectivity index (χ3n) is 3.96. The molecule has 3 aliphatic rings. The number of carbonyl (C=O) groups is 1. The average Bonchev–Trinajstić information content (AvgIpc) is 2.82. The molecule has 2 atom stereocenters. The number of hydrogen-bond donors (Lipinski definition) is 1. The monoisotopic (exact) mass is 206 g/mol. The van der Waals surface area contributed by atoms with Crippen LogP contribution in [0.5, 0.6) is 0 Å². The topological polar surface area (TPSA) is 37.3 Å². The van der Waals surface area contributed by atoms with E-state index in [2.05, 4.69) is 0 Å².